The van der Waals surface area contributed by atoms with Gasteiger partial charge in [-0.05, 0) is 12.8 Å². The van der Waals surface area contributed by atoms with E-state index in [4.69, 9.17) is 20.7 Å². The van der Waals surface area contributed by atoms with E-state index in [1.54, 1.807) is 0 Å². The lowest BCUT2D eigenvalue weighted by atomic mass is 10.1. The average molecular weight is 301 g/mol. The van der Waals surface area contributed by atoms with E-state index < -0.39 is 36.8 Å². The van der Waals surface area contributed by atoms with Gasteiger partial charge in [-0.15, -0.1) is 0 Å². The van der Waals surface area contributed by atoms with E-state index in [9.17, 15) is 15.0 Å². The van der Waals surface area contributed by atoms with Crippen molar-refractivity contribution >= 4 is 5.82 Å². The van der Waals surface area contributed by atoms with Gasteiger partial charge >= 0.3 is 5.69 Å². The van der Waals surface area contributed by atoms with Gasteiger partial charge in [0.05, 0.1) is 6.61 Å². The fraction of sp³-hybridized carbons (Fsp3) is 0.667. The SMILES string of the molecule is Nc1nc(=O)n([C@@H]2O[C@H](CO)[C@@H](O)[C@H]2O)cc1CCCO. The van der Waals surface area contributed by atoms with Crippen molar-refractivity contribution in [3.05, 3.63) is 22.2 Å². The van der Waals surface area contributed by atoms with E-state index in [0.717, 1.165) is 4.57 Å². The Bertz CT molecular complexity index is 548. The zero-order valence-electron chi connectivity index (χ0n) is 11.3. The van der Waals surface area contributed by atoms with Crippen molar-refractivity contribution in [1.82, 2.24) is 9.55 Å². The molecule has 1 aromatic heterocycles. The molecule has 1 aliphatic heterocycles. The number of nitrogens with zero attached hydrogens (tertiary/aromatic N) is 2. The van der Waals surface area contributed by atoms with Crippen molar-refractivity contribution in [3.63, 3.8) is 0 Å². The standard InChI is InChI=1S/C12H19N3O6/c13-10-6(2-1-3-16)4-15(12(20)14-10)11-9(19)8(18)7(5-17)21-11/h4,7-9,11,16-19H,1-3,5H2,(H2,13,14,20)/t7-,8-,9-,11-/m1/s1. The van der Waals surface area contributed by atoms with Gasteiger partial charge in [0.25, 0.3) is 0 Å². The summed E-state index contributed by atoms with van der Waals surface area (Å²) in [4.78, 5) is 15.5. The Morgan fingerprint density at radius 3 is 2.62 bits per heavy atom. The number of aromatic nitrogens is 2. The molecule has 1 aliphatic rings. The highest BCUT2D eigenvalue weighted by Crippen LogP contribution is 2.28. The molecule has 4 atom stereocenters. The summed E-state index contributed by atoms with van der Waals surface area (Å²) in [5, 5.41) is 37.5. The Morgan fingerprint density at radius 1 is 1.33 bits per heavy atom. The van der Waals surface area contributed by atoms with E-state index >= 15 is 0 Å². The van der Waals surface area contributed by atoms with E-state index in [0.29, 0.717) is 18.4 Å². The van der Waals surface area contributed by atoms with Crippen molar-refractivity contribution < 1.29 is 25.2 Å². The van der Waals surface area contributed by atoms with Crippen molar-refractivity contribution in [1.29, 1.82) is 0 Å². The number of nitrogens with two attached hydrogens (primary N) is 1. The Morgan fingerprint density at radius 2 is 2.05 bits per heavy atom. The quantitative estimate of drug-likeness (QED) is 0.396. The molecule has 1 aromatic rings. The molecule has 0 aliphatic carbocycles. The lowest BCUT2D eigenvalue weighted by molar-refractivity contribution is -0.0550. The summed E-state index contributed by atoms with van der Waals surface area (Å²) in [7, 11) is 0. The maximum Gasteiger partial charge on any atom is 0.351 e. The number of aliphatic hydroxyl groups is 4. The fourth-order valence-corrected chi connectivity index (χ4v) is 2.28. The third-order valence-electron chi connectivity index (χ3n) is 3.46. The summed E-state index contributed by atoms with van der Waals surface area (Å²) in [6.07, 6.45) is -2.55. The van der Waals surface area contributed by atoms with Gasteiger partial charge in [0, 0.05) is 18.4 Å². The van der Waals surface area contributed by atoms with Gasteiger partial charge in [-0.25, -0.2) is 4.79 Å². The van der Waals surface area contributed by atoms with Crippen LogP contribution >= 0.6 is 0 Å². The van der Waals surface area contributed by atoms with Crippen LogP contribution in [0.25, 0.3) is 0 Å². The van der Waals surface area contributed by atoms with Crippen LogP contribution in [-0.2, 0) is 11.2 Å². The minimum atomic E-state index is -1.36. The molecule has 6 N–H and O–H groups in total. The second-order valence-electron chi connectivity index (χ2n) is 4.90. The number of aliphatic hydroxyl groups excluding tert-OH is 4. The minimum absolute atomic E-state index is 0.0353. The largest absolute Gasteiger partial charge is 0.396 e. The number of rotatable bonds is 5. The van der Waals surface area contributed by atoms with Gasteiger partial charge < -0.3 is 30.9 Å². The van der Waals surface area contributed by atoms with Crippen molar-refractivity contribution in [2.45, 2.75) is 37.4 Å². The zero-order chi connectivity index (χ0) is 15.6. The van der Waals surface area contributed by atoms with Crippen LogP contribution in [0.5, 0.6) is 0 Å². The van der Waals surface area contributed by atoms with Gasteiger partial charge in [0.2, 0.25) is 0 Å². The molecule has 2 heterocycles. The summed E-state index contributed by atoms with van der Waals surface area (Å²) in [5.74, 6) is 0.0523. The van der Waals surface area contributed by atoms with E-state index in [2.05, 4.69) is 4.98 Å². The van der Waals surface area contributed by atoms with Crippen LogP contribution in [-0.4, -0.2) is 61.5 Å². The number of nitrogen functional groups attached to an aromatic ring is 1. The number of hydrogen-bond acceptors (Lipinski definition) is 8. The topological polar surface area (TPSA) is 151 Å². The van der Waals surface area contributed by atoms with Crippen LogP contribution in [0.3, 0.4) is 0 Å². The predicted molar refractivity (Wildman–Crippen MR) is 71.3 cm³/mol. The van der Waals surface area contributed by atoms with Gasteiger partial charge in [-0.2, -0.15) is 4.98 Å². The number of aryl methyl sites for hydroxylation is 1. The summed E-state index contributed by atoms with van der Waals surface area (Å²) >= 11 is 0. The molecule has 118 valence electrons. The zero-order valence-corrected chi connectivity index (χ0v) is 11.3. The highest BCUT2D eigenvalue weighted by Gasteiger charge is 2.43. The summed E-state index contributed by atoms with van der Waals surface area (Å²) in [6, 6.07) is 0. The summed E-state index contributed by atoms with van der Waals surface area (Å²) < 4.78 is 6.32. The first-order chi connectivity index (χ1) is 9.99. The van der Waals surface area contributed by atoms with Gasteiger partial charge in [-0.3, -0.25) is 4.57 Å². The third kappa shape index (κ3) is 3.06. The maximum atomic E-state index is 11.9. The lowest BCUT2D eigenvalue weighted by Crippen LogP contribution is -2.36. The molecule has 1 fully saturated rings. The van der Waals surface area contributed by atoms with Crippen LogP contribution in [0, 0.1) is 0 Å². The summed E-state index contributed by atoms with van der Waals surface area (Å²) in [5.41, 5.74) is 5.45. The van der Waals surface area contributed by atoms with Crippen LogP contribution in [0.4, 0.5) is 5.82 Å². The summed E-state index contributed by atoms with van der Waals surface area (Å²) in [6.45, 7) is -0.518. The molecule has 0 saturated carbocycles. The molecule has 1 saturated heterocycles. The fourth-order valence-electron chi connectivity index (χ4n) is 2.28. The van der Waals surface area contributed by atoms with E-state index in [-0.39, 0.29) is 12.4 Å². The molecule has 9 nitrogen and oxygen atoms in total. The molecule has 0 spiro atoms. The molecular weight excluding hydrogens is 282 g/mol. The molecule has 0 radical (unpaired) electrons. The Labute approximate surface area is 120 Å². The molecule has 9 heteroatoms. The Hall–Kier alpha value is -1.52. The highest BCUT2D eigenvalue weighted by atomic mass is 16.6. The smallest absolute Gasteiger partial charge is 0.351 e. The van der Waals surface area contributed by atoms with E-state index in [1.165, 1.54) is 6.20 Å². The van der Waals surface area contributed by atoms with Crippen LogP contribution < -0.4 is 11.4 Å². The minimum Gasteiger partial charge on any atom is -0.396 e. The number of hydrogen-bond donors (Lipinski definition) is 5. The van der Waals surface area contributed by atoms with Gasteiger partial charge in [-0.1, -0.05) is 0 Å². The first kappa shape index (κ1) is 15.9. The first-order valence-electron chi connectivity index (χ1n) is 6.60. The van der Waals surface area contributed by atoms with Crippen LogP contribution in [0.15, 0.2) is 11.0 Å². The van der Waals surface area contributed by atoms with Crippen molar-refractivity contribution in [2.24, 2.45) is 0 Å². The first-order valence-corrected chi connectivity index (χ1v) is 6.60. The third-order valence-corrected chi connectivity index (χ3v) is 3.46. The monoisotopic (exact) mass is 301 g/mol. The molecule has 2 rings (SSSR count). The normalized spacial score (nSPS) is 29.0. The second-order valence-corrected chi connectivity index (χ2v) is 4.90. The second kappa shape index (κ2) is 6.50. The van der Waals surface area contributed by atoms with Gasteiger partial charge in [0.15, 0.2) is 6.23 Å². The molecule has 21 heavy (non-hydrogen) atoms. The molecule has 0 unspecified atom stereocenters. The molecular formula is C12H19N3O6. The molecule has 0 aromatic carbocycles. The number of anilines is 1. The lowest BCUT2D eigenvalue weighted by Gasteiger charge is -2.18. The molecule has 0 amide bonds. The Kier molecular flexibility index (Phi) is 4.91. The van der Waals surface area contributed by atoms with Gasteiger partial charge in [0.1, 0.15) is 24.1 Å². The van der Waals surface area contributed by atoms with Crippen molar-refractivity contribution in [2.75, 3.05) is 18.9 Å². The Balaban J connectivity index is 2.33. The highest BCUT2D eigenvalue weighted by molar-refractivity contribution is 5.36. The van der Waals surface area contributed by atoms with Crippen LogP contribution in [0.1, 0.15) is 18.2 Å². The van der Waals surface area contributed by atoms with E-state index in [1.807, 2.05) is 0 Å². The average Bonchev–Trinajstić information content (AvgIpc) is 2.74. The maximum absolute atomic E-state index is 11.9. The van der Waals surface area contributed by atoms with Crippen molar-refractivity contribution in [3.8, 4) is 0 Å². The molecule has 0 bridgehead atoms. The number of ether oxygens (including phenoxy) is 1. The van der Waals surface area contributed by atoms with Crippen LogP contribution in [0.2, 0.25) is 0 Å². The predicted octanol–water partition coefficient (Wildman–Crippen LogP) is -2.64.